The van der Waals surface area contributed by atoms with Crippen molar-refractivity contribution < 1.29 is 14.3 Å². The van der Waals surface area contributed by atoms with Gasteiger partial charge < -0.3 is 15.0 Å². The number of fused-ring (bicyclic) bond motifs is 1. The molecule has 0 unspecified atom stereocenters. The molecule has 0 bridgehead atoms. The Morgan fingerprint density at radius 3 is 2.86 bits per heavy atom. The van der Waals surface area contributed by atoms with Crippen LogP contribution in [0.3, 0.4) is 0 Å². The van der Waals surface area contributed by atoms with E-state index in [0.29, 0.717) is 17.9 Å². The molecule has 22 heavy (non-hydrogen) atoms. The van der Waals surface area contributed by atoms with E-state index < -0.39 is 0 Å². The predicted molar refractivity (Wildman–Crippen MR) is 87.0 cm³/mol. The highest BCUT2D eigenvalue weighted by molar-refractivity contribution is 7.15. The third kappa shape index (κ3) is 2.25. The number of anilines is 1. The number of hydrogen-bond donors (Lipinski definition) is 2. The van der Waals surface area contributed by atoms with Gasteiger partial charge in [0.15, 0.2) is 0 Å². The van der Waals surface area contributed by atoms with Gasteiger partial charge in [0.2, 0.25) is 0 Å². The second kappa shape index (κ2) is 5.46. The first-order chi connectivity index (χ1) is 10.5. The number of aromatic amines is 1. The minimum absolute atomic E-state index is 0.119. The summed E-state index contributed by atoms with van der Waals surface area (Å²) < 4.78 is 5.04. The van der Waals surface area contributed by atoms with E-state index in [9.17, 15) is 9.59 Å². The van der Waals surface area contributed by atoms with E-state index >= 15 is 0 Å². The number of carbonyl (C=O) groups is 2. The summed E-state index contributed by atoms with van der Waals surface area (Å²) in [7, 11) is 0. The lowest BCUT2D eigenvalue weighted by atomic mass is 10.1. The van der Waals surface area contributed by atoms with Crippen molar-refractivity contribution >= 4 is 39.9 Å². The van der Waals surface area contributed by atoms with E-state index in [1.54, 1.807) is 13.0 Å². The molecule has 5 nitrogen and oxygen atoms in total. The van der Waals surface area contributed by atoms with Crippen LogP contribution in [0.1, 0.15) is 39.8 Å². The van der Waals surface area contributed by atoms with Gasteiger partial charge in [-0.1, -0.05) is 0 Å². The minimum atomic E-state index is -0.375. The zero-order chi connectivity index (χ0) is 15.9. The van der Waals surface area contributed by atoms with Crippen LogP contribution in [0, 0.1) is 13.8 Å². The average molecular weight is 316 g/mol. The summed E-state index contributed by atoms with van der Waals surface area (Å²) in [5, 5.41) is 5.64. The van der Waals surface area contributed by atoms with Crippen molar-refractivity contribution in [3.05, 3.63) is 39.5 Å². The van der Waals surface area contributed by atoms with E-state index in [2.05, 4.69) is 10.3 Å². The molecule has 0 spiro atoms. The summed E-state index contributed by atoms with van der Waals surface area (Å²) in [6.45, 7) is 5.88. The SMILES string of the molecule is CCOC(=O)c1[nH]c(/C=C2\C(=O)Nc3sccc32)c(C)c1C. The molecular formula is C16H16N2O3S. The highest BCUT2D eigenvalue weighted by Gasteiger charge is 2.26. The molecule has 1 aliphatic rings. The van der Waals surface area contributed by atoms with Gasteiger partial charge in [-0.25, -0.2) is 4.79 Å². The summed E-state index contributed by atoms with van der Waals surface area (Å²) in [5.74, 6) is -0.494. The molecule has 0 fully saturated rings. The maximum atomic E-state index is 12.1. The fraction of sp³-hybridized carbons (Fsp3) is 0.250. The highest BCUT2D eigenvalue weighted by atomic mass is 32.1. The molecule has 6 heteroatoms. The van der Waals surface area contributed by atoms with Gasteiger partial charge in [0.05, 0.1) is 12.2 Å². The Bertz CT molecular complexity index is 798. The van der Waals surface area contributed by atoms with Crippen LogP contribution in [-0.4, -0.2) is 23.5 Å². The summed E-state index contributed by atoms with van der Waals surface area (Å²) >= 11 is 1.50. The molecule has 3 heterocycles. The third-order valence-corrected chi connectivity index (χ3v) is 4.63. The van der Waals surface area contributed by atoms with Gasteiger partial charge in [0.25, 0.3) is 5.91 Å². The number of carbonyl (C=O) groups excluding carboxylic acids is 2. The standard InChI is InChI=1S/C16H16N2O3S/c1-4-21-16(20)13-9(3)8(2)12(17-13)7-11-10-5-6-22-15(10)18-14(11)19/h5-7,17H,4H2,1-3H3,(H,18,19)/b11-7-. The normalized spacial score (nSPS) is 15.0. The van der Waals surface area contributed by atoms with Gasteiger partial charge in [0, 0.05) is 11.3 Å². The second-order valence-electron chi connectivity index (χ2n) is 5.06. The van der Waals surface area contributed by atoms with Gasteiger partial charge in [-0.3, -0.25) is 4.79 Å². The Morgan fingerprint density at radius 2 is 2.14 bits per heavy atom. The van der Waals surface area contributed by atoms with Crippen LogP contribution in [0.5, 0.6) is 0 Å². The Morgan fingerprint density at radius 1 is 1.36 bits per heavy atom. The molecular weight excluding hydrogens is 300 g/mol. The molecule has 0 saturated heterocycles. The Kier molecular flexibility index (Phi) is 3.62. The lowest BCUT2D eigenvalue weighted by molar-refractivity contribution is -0.110. The van der Waals surface area contributed by atoms with Gasteiger partial charge in [-0.05, 0) is 49.4 Å². The maximum absolute atomic E-state index is 12.1. The fourth-order valence-corrected chi connectivity index (χ4v) is 3.26. The Balaban J connectivity index is 2.04. The monoisotopic (exact) mass is 316 g/mol. The second-order valence-corrected chi connectivity index (χ2v) is 5.98. The van der Waals surface area contributed by atoms with Crippen molar-refractivity contribution in [1.82, 2.24) is 4.98 Å². The number of hydrogen-bond acceptors (Lipinski definition) is 4. The van der Waals surface area contributed by atoms with Crippen molar-refractivity contribution in [2.45, 2.75) is 20.8 Å². The van der Waals surface area contributed by atoms with Crippen molar-refractivity contribution in [3.8, 4) is 0 Å². The summed E-state index contributed by atoms with van der Waals surface area (Å²) in [6, 6.07) is 1.92. The topological polar surface area (TPSA) is 71.2 Å². The van der Waals surface area contributed by atoms with Gasteiger partial charge in [-0.15, -0.1) is 11.3 Å². The molecule has 0 atom stereocenters. The van der Waals surface area contributed by atoms with Crippen molar-refractivity contribution in [2.24, 2.45) is 0 Å². The molecule has 0 saturated carbocycles. The summed E-state index contributed by atoms with van der Waals surface area (Å²) in [5.41, 5.74) is 4.48. The largest absolute Gasteiger partial charge is 0.461 e. The zero-order valence-corrected chi connectivity index (χ0v) is 13.4. The molecule has 1 aliphatic heterocycles. The number of ether oxygens (including phenoxy) is 1. The molecule has 0 aliphatic carbocycles. The fourth-order valence-electron chi connectivity index (χ4n) is 2.46. The van der Waals surface area contributed by atoms with E-state index in [-0.39, 0.29) is 11.9 Å². The van der Waals surface area contributed by atoms with E-state index in [0.717, 1.165) is 27.4 Å². The van der Waals surface area contributed by atoms with Crippen molar-refractivity contribution in [1.29, 1.82) is 0 Å². The number of esters is 1. The molecule has 1 amide bonds. The molecule has 2 aromatic heterocycles. The molecule has 3 rings (SSSR count). The van der Waals surface area contributed by atoms with Crippen LogP contribution in [0.15, 0.2) is 11.4 Å². The number of thiophene rings is 1. The molecule has 0 aromatic carbocycles. The predicted octanol–water partition coefficient (Wildman–Crippen LogP) is 3.36. The summed E-state index contributed by atoms with van der Waals surface area (Å²) in [6.07, 6.45) is 1.79. The maximum Gasteiger partial charge on any atom is 0.355 e. The highest BCUT2D eigenvalue weighted by Crippen LogP contribution is 2.37. The number of rotatable bonds is 3. The number of amides is 1. The molecule has 2 N–H and O–H groups in total. The van der Waals surface area contributed by atoms with Crippen molar-refractivity contribution in [2.75, 3.05) is 11.9 Å². The van der Waals surface area contributed by atoms with Crippen molar-refractivity contribution in [3.63, 3.8) is 0 Å². The number of aromatic nitrogens is 1. The molecule has 2 aromatic rings. The van der Waals surface area contributed by atoms with Crippen LogP contribution < -0.4 is 5.32 Å². The van der Waals surface area contributed by atoms with Crippen LogP contribution in [0.2, 0.25) is 0 Å². The first-order valence-electron chi connectivity index (χ1n) is 7.00. The van der Waals surface area contributed by atoms with Gasteiger partial charge in [0.1, 0.15) is 10.7 Å². The summed E-state index contributed by atoms with van der Waals surface area (Å²) in [4.78, 5) is 27.1. The molecule has 0 radical (unpaired) electrons. The number of H-pyrrole nitrogens is 1. The lowest BCUT2D eigenvalue weighted by Gasteiger charge is -1.99. The van der Waals surface area contributed by atoms with E-state index in [1.807, 2.05) is 25.3 Å². The molecule has 114 valence electrons. The van der Waals surface area contributed by atoms with Crippen LogP contribution >= 0.6 is 11.3 Å². The third-order valence-electron chi connectivity index (χ3n) is 3.80. The first-order valence-corrected chi connectivity index (χ1v) is 7.88. The van der Waals surface area contributed by atoms with Crippen LogP contribution in [-0.2, 0) is 9.53 Å². The minimum Gasteiger partial charge on any atom is -0.461 e. The quantitative estimate of drug-likeness (QED) is 0.674. The first kappa shape index (κ1) is 14.6. The van der Waals surface area contributed by atoms with Crippen LogP contribution in [0.4, 0.5) is 5.00 Å². The van der Waals surface area contributed by atoms with E-state index in [4.69, 9.17) is 4.74 Å². The lowest BCUT2D eigenvalue weighted by Crippen LogP contribution is -2.06. The average Bonchev–Trinajstić information content (AvgIpc) is 3.11. The number of nitrogens with one attached hydrogen (secondary N) is 2. The Hall–Kier alpha value is -2.34. The Labute approximate surface area is 132 Å². The van der Waals surface area contributed by atoms with Crippen LogP contribution in [0.25, 0.3) is 11.6 Å². The zero-order valence-electron chi connectivity index (χ0n) is 12.6. The van der Waals surface area contributed by atoms with Gasteiger partial charge >= 0.3 is 5.97 Å². The smallest absolute Gasteiger partial charge is 0.355 e. The van der Waals surface area contributed by atoms with E-state index in [1.165, 1.54) is 11.3 Å². The van der Waals surface area contributed by atoms with Gasteiger partial charge in [-0.2, -0.15) is 0 Å².